The van der Waals surface area contributed by atoms with Gasteiger partial charge in [-0.15, -0.1) is 35.5 Å². The summed E-state index contributed by atoms with van der Waals surface area (Å²) in [4.78, 5) is 16.7. The normalized spacial score (nSPS) is 21.8. The summed E-state index contributed by atoms with van der Waals surface area (Å²) >= 11 is 3.65. The Kier molecular flexibility index (Phi) is 7.06. The van der Waals surface area contributed by atoms with Gasteiger partial charge in [-0.1, -0.05) is 6.92 Å². The summed E-state index contributed by atoms with van der Waals surface area (Å²) in [5.41, 5.74) is 1.29. The van der Waals surface area contributed by atoms with Gasteiger partial charge >= 0.3 is 0 Å². The van der Waals surface area contributed by atoms with Crippen molar-refractivity contribution in [3.8, 4) is 0 Å². The number of thiophene rings is 1. The van der Waals surface area contributed by atoms with Crippen LogP contribution in [0.5, 0.6) is 0 Å². The number of halogens is 1. The number of aryl methyl sites for hydroxylation is 1. The minimum atomic E-state index is 0. The Hall–Kier alpha value is -0.230. The zero-order valence-corrected chi connectivity index (χ0v) is 15.5. The molecule has 3 rings (SSSR count). The van der Waals surface area contributed by atoms with Gasteiger partial charge in [-0.25, -0.2) is 0 Å². The van der Waals surface area contributed by atoms with E-state index in [4.69, 9.17) is 0 Å². The number of hydrogen-bond acceptors (Lipinski definition) is 4. The van der Waals surface area contributed by atoms with E-state index in [1.54, 1.807) is 0 Å². The van der Waals surface area contributed by atoms with Crippen molar-refractivity contribution >= 4 is 41.4 Å². The van der Waals surface area contributed by atoms with Crippen molar-refractivity contribution in [2.24, 2.45) is 0 Å². The Bertz CT molecular complexity index is 488. The maximum atomic E-state index is 13.1. The van der Waals surface area contributed by atoms with Crippen molar-refractivity contribution in [1.82, 2.24) is 10.2 Å². The van der Waals surface area contributed by atoms with E-state index in [0.717, 1.165) is 51.1 Å². The number of rotatable bonds is 4. The third kappa shape index (κ3) is 3.81. The second-order valence-electron chi connectivity index (χ2n) is 5.81. The topological polar surface area (TPSA) is 32.3 Å². The van der Waals surface area contributed by atoms with Crippen molar-refractivity contribution in [1.29, 1.82) is 0 Å². The van der Waals surface area contributed by atoms with Crippen LogP contribution in [0.1, 0.15) is 41.9 Å². The molecule has 0 spiro atoms. The Morgan fingerprint density at radius 2 is 2.18 bits per heavy atom. The summed E-state index contributed by atoms with van der Waals surface area (Å²) in [6.45, 7) is 5.16. The lowest BCUT2D eigenvalue weighted by molar-refractivity contribution is -0.133. The molecule has 3 heterocycles. The van der Waals surface area contributed by atoms with Crippen LogP contribution in [0, 0.1) is 0 Å². The zero-order chi connectivity index (χ0) is 14.7. The van der Waals surface area contributed by atoms with Crippen molar-refractivity contribution in [2.45, 2.75) is 43.9 Å². The van der Waals surface area contributed by atoms with Crippen LogP contribution in [0.15, 0.2) is 11.4 Å². The highest BCUT2D eigenvalue weighted by molar-refractivity contribution is 8.00. The predicted octanol–water partition coefficient (Wildman–Crippen LogP) is 3.49. The van der Waals surface area contributed by atoms with Crippen molar-refractivity contribution in [3.05, 3.63) is 21.9 Å². The number of carbonyl (C=O) groups excluding carboxylic acids is 1. The summed E-state index contributed by atoms with van der Waals surface area (Å²) in [6, 6.07) is 2.60. The molecule has 1 unspecified atom stereocenters. The molecule has 1 fully saturated rings. The van der Waals surface area contributed by atoms with Crippen LogP contribution in [0.2, 0.25) is 0 Å². The fourth-order valence-electron chi connectivity index (χ4n) is 3.33. The first-order chi connectivity index (χ1) is 10.3. The number of amides is 1. The molecule has 1 aromatic heterocycles. The first kappa shape index (κ1) is 18.1. The number of fused-ring (bicyclic) bond motifs is 1. The van der Waals surface area contributed by atoms with Gasteiger partial charge in [0.15, 0.2) is 0 Å². The minimum absolute atomic E-state index is 0. The quantitative estimate of drug-likeness (QED) is 0.892. The molecule has 0 aromatic carbocycles. The molecule has 124 valence electrons. The molecule has 0 saturated carbocycles. The SMILES string of the molecule is CCCN(C(=O)C1SCCc2sccc21)C1CCNCC1.Cl. The van der Waals surface area contributed by atoms with Gasteiger partial charge in [0.2, 0.25) is 5.91 Å². The van der Waals surface area contributed by atoms with E-state index in [0.29, 0.717) is 11.9 Å². The second-order valence-corrected chi connectivity index (χ2v) is 8.03. The summed E-state index contributed by atoms with van der Waals surface area (Å²) in [5.74, 6) is 1.43. The first-order valence-electron chi connectivity index (χ1n) is 8.00. The first-order valence-corrected chi connectivity index (χ1v) is 9.93. The molecule has 1 amide bonds. The molecular weight excluding hydrogens is 336 g/mol. The van der Waals surface area contributed by atoms with Crippen LogP contribution in [-0.2, 0) is 11.2 Å². The maximum absolute atomic E-state index is 13.1. The highest BCUT2D eigenvalue weighted by Gasteiger charge is 2.34. The third-order valence-electron chi connectivity index (χ3n) is 4.40. The molecule has 22 heavy (non-hydrogen) atoms. The zero-order valence-electron chi connectivity index (χ0n) is 13.0. The highest BCUT2D eigenvalue weighted by atomic mass is 35.5. The molecule has 3 nitrogen and oxygen atoms in total. The summed E-state index contributed by atoms with van der Waals surface area (Å²) in [6.07, 6.45) is 4.37. The van der Waals surface area contributed by atoms with Gasteiger partial charge < -0.3 is 10.2 Å². The number of piperidine rings is 1. The van der Waals surface area contributed by atoms with E-state index in [1.165, 1.54) is 10.4 Å². The smallest absolute Gasteiger partial charge is 0.240 e. The monoisotopic (exact) mass is 360 g/mol. The van der Waals surface area contributed by atoms with Crippen molar-refractivity contribution in [3.63, 3.8) is 0 Å². The molecule has 1 N–H and O–H groups in total. The van der Waals surface area contributed by atoms with E-state index >= 15 is 0 Å². The highest BCUT2D eigenvalue weighted by Crippen LogP contribution is 2.41. The van der Waals surface area contributed by atoms with Gasteiger partial charge in [-0.2, -0.15) is 0 Å². The Morgan fingerprint density at radius 3 is 2.91 bits per heavy atom. The fourth-order valence-corrected chi connectivity index (χ4v) is 5.69. The Morgan fingerprint density at radius 1 is 1.41 bits per heavy atom. The summed E-state index contributed by atoms with van der Waals surface area (Å²) in [7, 11) is 0. The molecule has 0 aliphatic carbocycles. The van der Waals surface area contributed by atoms with Crippen LogP contribution in [0.3, 0.4) is 0 Å². The van der Waals surface area contributed by atoms with Gasteiger partial charge in [0.05, 0.1) is 0 Å². The summed E-state index contributed by atoms with van der Waals surface area (Å²) < 4.78 is 0. The number of nitrogens with zero attached hydrogens (tertiary/aromatic N) is 1. The van der Waals surface area contributed by atoms with E-state index in [9.17, 15) is 4.79 Å². The van der Waals surface area contributed by atoms with E-state index in [2.05, 4.69) is 28.6 Å². The number of nitrogens with one attached hydrogen (secondary N) is 1. The molecule has 0 bridgehead atoms. The lowest BCUT2D eigenvalue weighted by atomic mass is 10.0. The van der Waals surface area contributed by atoms with Gasteiger partial charge in [-0.05, 0) is 61.5 Å². The molecule has 2 aliphatic rings. The lowest BCUT2D eigenvalue weighted by Gasteiger charge is -2.37. The second kappa shape index (κ2) is 8.57. The molecule has 1 atom stereocenters. The van der Waals surface area contributed by atoms with Gasteiger partial charge in [0.25, 0.3) is 0 Å². The van der Waals surface area contributed by atoms with Gasteiger partial charge in [0.1, 0.15) is 5.25 Å². The van der Waals surface area contributed by atoms with Crippen LogP contribution in [0.25, 0.3) is 0 Å². The number of carbonyl (C=O) groups is 1. The predicted molar refractivity (Wildman–Crippen MR) is 98.4 cm³/mol. The third-order valence-corrected chi connectivity index (χ3v) is 6.62. The molecule has 1 aromatic rings. The maximum Gasteiger partial charge on any atom is 0.240 e. The summed E-state index contributed by atoms with van der Waals surface area (Å²) in [5, 5.41) is 5.59. The van der Waals surface area contributed by atoms with Crippen LogP contribution in [-0.4, -0.2) is 42.2 Å². The average Bonchev–Trinajstić information content (AvgIpc) is 3.01. The van der Waals surface area contributed by atoms with Gasteiger partial charge in [-0.3, -0.25) is 4.79 Å². The number of thioether (sulfide) groups is 1. The molecular formula is C16H25ClN2OS2. The number of hydrogen-bond donors (Lipinski definition) is 1. The van der Waals surface area contributed by atoms with Gasteiger partial charge in [0, 0.05) is 17.5 Å². The molecule has 1 saturated heterocycles. The molecule has 0 radical (unpaired) electrons. The van der Waals surface area contributed by atoms with E-state index in [1.807, 2.05) is 23.1 Å². The largest absolute Gasteiger partial charge is 0.338 e. The van der Waals surface area contributed by atoms with Crippen LogP contribution in [0.4, 0.5) is 0 Å². The van der Waals surface area contributed by atoms with Crippen molar-refractivity contribution < 1.29 is 4.79 Å². The minimum Gasteiger partial charge on any atom is -0.338 e. The standard InChI is InChI=1S/C16H24N2OS2.ClH/c1-2-9-18(12-3-7-17-8-4-12)16(19)15-13-5-10-20-14(13)6-11-21-15;/h5,10,12,15,17H,2-4,6-9,11H2,1H3;1H. The Labute approximate surface area is 147 Å². The molecule has 6 heteroatoms. The van der Waals surface area contributed by atoms with Crippen LogP contribution >= 0.6 is 35.5 Å². The Balaban J connectivity index is 0.00000176. The fraction of sp³-hybridized carbons (Fsp3) is 0.688. The molecule has 2 aliphatic heterocycles. The average molecular weight is 361 g/mol. The van der Waals surface area contributed by atoms with Crippen molar-refractivity contribution in [2.75, 3.05) is 25.4 Å². The van der Waals surface area contributed by atoms with E-state index < -0.39 is 0 Å². The van der Waals surface area contributed by atoms with Crippen LogP contribution < -0.4 is 5.32 Å². The van der Waals surface area contributed by atoms with E-state index in [-0.39, 0.29) is 17.7 Å². The lowest BCUT2D eigenvalue weighted by Crippen LogP contribution is -2.48.